The van der Waals surface area contributed by atoms with E-state index in [0.717, 1.165) is 17.8 Å². The summed E-state index contributed by atoms with van der Waals surface area (Å²) in [4.78, 5) is 0. The highest BCUT2D eigenvalue weighted by molar-refractivity contribution is 6.40. The molecule has 0 aliphatic heterocycles. The molecule has 0 atom stereocenters. The Balaban J connectivity index is 2.03. The molecule has 0 saturated heterocycles. The maximum Gasteiger partial charge on any atom is 0.0998 e. The molecule has 0 unspecified atom stereocenters. The van der Waals surface area contributed by atoms with E-state index in [2.05, 4.69) is 36.5 Å². The minimum absolute atomic E-state index is 0.453. The Morgan fingerprint density at radius 2 is 1.33 bits per heavy atom. The summed E-state index contributed by atoms with van der Waals surface area (Å²) < 4.78 is 0. The molecule has 84 valence electrons. The average Bonchev–Trinajstić information content (AvgIpc) is 2.62. The molecule has 0 amide bonds. The fourth-order valence-electron chi connectivity index (χ4n) is 3.61. The van der Waals surface area contributed by atoms with Crippen molar-refractivity contribution in [2.24, 2.45) is 23.2 Å². The summed E-state index contributed by atoms with van der Waals surface area (Å²) in [5.74, 6) is 3.26. The zero-order valence-electron chi connectivity index (χ0n) is 11.3. The van der Waals surface area contributed by atoms with Crippen LogP contribution in [0.5, 0.6) is 0 Å². The van der Waals surface area contributed by atoms with Gasteiger partial charge in [-0.25, -0.2) is 0 Å². The van der Waals surface area contributed by atoms with Gasteiger partial charge in [-0.2, -0.15) is 0 Å². The Kier molecular flexibility index (Phi) is 2.76. The molecule has 0 aromatic heterocycles. The van der Waals surface area contributed by atoms with Crippen LogP contribution in [-0.2, 0) is 0 Å². The van der Waals surface area contributed by atoms with Crippen molar-refractivity contribution in [3.05, 3.63) is 0 Å². The van der Waals surface area contributed by atoms with Crippen LogP contribution in [-0.4, -0.2) is 15.7 Å². The molecule has 0 aromatic carbocycles. The first-order chi connectivity index (χ1) is 6.81. The van der Waals surface area contributed by atoms with Crippen LogP contribution in [0.25, 0.3) is 0 Å². The smallest absolute Gasteiger partial charge is 0.0796 e. The van der Waals surface area contributed by atoms with Crippen LogP contribution in [0.2, 0.25) is 5.21 Å². The highest BCUT2D eigenvalue weighted by Crippen LogP contribution is 2.56. The summed E-state index contributed by atoms with van der Waals surface area (Å²) in [6.45, 7) is 7.22. The van der Waals surface area contributed by atoms with Crippen molar-refractivity contribution in [2.45, 2.75) is 58.1 Å². The predicted octanol–water partition coefficient (Wildman–Crippen LogP) is 2.24. The summed E-state index contributed by atoms with van der Waals surface area (Å²) >= 11 is 0. The lowest BCUT2D eigenvalue weighted by atomic mass is 9.40. The third-order valence-electron chi connectivity index (χ3n) is 5.80. The second-order valence-corrected chi connectivity index (χ2v) is 7.68. The Bertz CT molecular complexity index is 219. The van der Waals surface area contributed by atoms with E-state index in [9.17, 15) is 0 Å². The topological polar surface area (TPSA) is 0 Å². The summed E-state index contributed by atoms with van der Waals surface area (Å²) in [7, 11) is 4.95. The Morgan fingerprint density at radius 1 is 0.933 bits per heavy atom. The second-order valence-electron chi connectivity index (χ2n) is 7.68. The van der Waals surface area contributed by atoms with E-state index < -0.39 is 0 Å². The highest BCUT2D eigenvalue weighted by Gasteiger charge is 2.45. The van der Waals surface area contributed by atoms with Crippen LogP contribution in [0.1, 0.15) is 52.9 Å². The van der Waals surface area contributed by atoms with Crippen molar-refractivity contribution < 1.29 is 0 Å². The first-order valence-corrected chi connectivity index (χ1v) is 6.81. The molecule has 2 saturated carbocycles. The van der Waals surface area contributed by atoms with Crippen LogP contribution >= 0.6 is 0 Å². The Hall–Kier alpha value is 0.130. The second kappa shape index (κ2) is 3.57. The third kappa shape index (κ3) is 2.01. The zero-order chi connectivity index (χ0) is 11.3. The van der Waals surface area contributed by atoms with E-state index in [-0.39, 0.29) is 0 Å². The average molecular weight is 204 g/mol. The van der Waals surface area contributed by atoms with Gasteiger partial charge in [0.2, 0.25) is 0 Å². The van der Waals surface area contributed by atoms with Crippen molar-refractivity contribution in [1.82, 2.24) is 0 Å². The van der Waals surface area contributed by atoms with Gasteiger partial charge in [-0.3, -0.25) is 0 Å². The van der Waals surface area contributed by atoms with Gasteiger partial charge in [-0.1, -0.05) is 32.4 Å². The molecule has 2 heteroatoms. The van der Waals surface area contributed by atoms with Gasteiger partial charge in [0, 0.05) is 0 Å². The maximum atomic E-state index is 2.48. The molecule has 0 nitrogen and oxygen atoms in total. The minimum atomic E-state index is 0.453. The van der Waals surface area contributed by atoms with Crippen LogP contribution in [0.15, 0.2) is 0 Å². The van der Waals surface area contributed by atoms with Gasteiger partial charge in [0.1, 0.15) is 0 Å². The lowest BCUT2D eigenvalue weighted by Gasteiger charge is -2.42. The molecule has 15 heavy (non-hydrogen) atoms. The number of hydrogen-bond acceptors (Lipinski definition) is 0. The monoisotopic (exact) mass is 204 g/mol. The highest BCUT2D eigenvalue weighted by atomic mass is 14.5. The van der Waals surface area contributed by atoms with E-state index in [1.54, 1.807) is 0 Å². The van der Waals surface area contributed by atoms with E-state index >= 15 is 0 Å². The molecule has 2 aliphatic carbocycles. The molecule has 0 radical (unpaired) electrons. The van der Waals surface area contributed by atoms with Crippen LogP contribution in [0, 0.1) is 23.2 Å². The lowest BCUT2D eigenvalue weighted by molar-refractivity contribution is 0.258. The Morgan fingerprint density at radius 3 is 1.67 bits per heavy atom. The van der Waals surface area contributed by atoms with Crippen molar-refractivity contribution in [3.8, 4) is 0 Å². The first kappa shape index (κ1) is 11.6. The van der Waals surface area contributed by atoms with E-state index in [0.29, 0.717) is 10.6 Å². The van der Waals surface area contributed by atoms with Gasteiger partial charge < -0.3 is 0 Å². The van der Waals surface area contributed by atoms with Crippen molar-refractivity contribution in [3.63, 3.8) is 0 Å². The van der Waals surface area contributed by atoms with Gasteiger partial charge >= 0.3 is 0 Å². The molecule has 2 aliphatic rings. The number of fused-ring (bicyclic) bond motifs is 2. The fraction of sp³-hybridized carbons (Fsp3) is 1.00. The molecule has 0 aromatic rings. The van der Waals surface area contributed by atoms with Crippen molar-refractivity contribution in [2.75, 3.05) is 0 Å². The summed E-state index contributed by atoms with van der Waals surface area (Å²) in [5.41, 5.74) is 0.453. The molecule has 0 N–H and O–H groups in total. The van der Waals surface area contributed by atoms with E-state index in [1.165, 1.54) is 32.1 Å². The maximum absolute atomic E-state index is 2.48. The van der Waals surface area contributed by atoms with Gasteiger partial charge in [0.05, 0.1) is 15.7 Å². The lowest BCUT2D eigenvalue weighted by Crippen LogP contribution is -2.33. The summed E-state index contributed by atoms with van der Waals surface area (Å²) in [6, 6.07) is 0. The molecule has 0 heterocycles. The minimum Gasteiger partial charge on any atom is -0.0796 e. The van der Waals surface area contributed by atoms with Gasteiger partial charge in [0.25, 0.3) is 0 Å². The number of hydrogen-bond donors (Lipinski definition) is 0. The molecular weight excluding hydrogens is 178 g/mol. The van der Waals surface area contributed by atoms with Crippen molar-refractivity contribution >= 4 is 15.7 Å². The fourth-order valence-corrected chi connectivity index (χ4v) is 3.61. The van der Waals surface area contributed by atoms with Crippen LogP contribution in [0.4, 0.5) is 0 Å². The standard InChI is InChI=1S/C13H26B2/c1-12(2,3)13(14,15)8-11-9-4-5-10(11)7-6-9/h9-11H,4-8,14-15H2,1-3H3. The van der Waals surface area contributed by atoms with Gasteiger partial charge in [-0.15, -0.1) is 0 Å². The molecular formula is C13H26B2. The molecule has 0 spiro atoms. The first-order valence-electron chi connectivity index (χ1n) is 6.81. The quantitative estimate of drug-likeness (QED) is 0.605. The largest absolute Gasteiger partial charge is 0.0998 e. The normalized spacial score (nSPS) is 36.1. The van der Waals surface area contributed by atoms with Crippen LogP contribution in [0.3, 0.4) is 0 Å². The Labute approximate surface area is 97.4 Å². The van der Waals surface area contributed by atoms with Gasteiger partial charge in [-0.05, 0) is 48.9 Å². The SMILES string of the molecule is BC(B)(CC1C2CCC1CC2)C(C)(C)C. The molecule has 2 rings (SSSR count). The van der Waals surface area contributed by atoms with Crippen LogP contribution < -0.4 is 0 Å². The predicted molar refractivity (Wildman–Crippen MR) is 72.8 cm³/mol. The third-order valence-corrected chi connectivity index (χ3v) is 5.80. The summed E-state index contributed by atoms with van der Waals surface area (Å²) in [5, 5.41) is 0.503. The van der Waals surface area contributed by atoms with Gasteiger partial charge in [0.15, 0.2) is 0 Å². The van der Waals surface area contributed by atoms with E-state index in [4.69, 9.17) is 0 Å². The van der Waals surface area contributed by atoms with E-state index in [1.807, 2.05) is 0 Å². The molecule has 2 fully saturated rings. The molecule has 2 bridgehead atoms. The van der Waals surface area contributed by atoms with Crippen molar-refractivity contribution in [1.29, 1.82) is 0 Å². The number of rotatable bonds is 2. The summed E-state index contributed by atoms with van der Waals surface area (Å²) in [6.07, 6.45) is 7.61. The zero-order valence-corrected chi connectivity index (χ0v) is 11.3.